The molecule has 4 nitrogen and oxygen atoms in total. The monoisotopic (exact) mass is 432 g/mol. The molecule has 0 aliphatic heterocycles. The van der Waals surface area contributed by atoms with Gasteiger partial charge >= 0.3 is 7.60 Å². The predicted molar refractivity (Wildman–Crippen MR) is 91.6 cm³/mol. The lowest BCUT2D eigenvalue weighted by molar-refractivity contribution is -0.0961. The molecule has 0 bridgehead atoms. The van der Waals surface area contributed by atoms with Crippen molar-refractivity contribution in [1.29, 1.82) is 0 Å². The van der Waals surface area contributed by atoms with Gasteiger partial charge in [0, 0.05) is 16.0 Å². The van der Waals surface area contributed by atoms with Gasteiger partial charge in [-0.15, -0.1) is 9.46 Å². The zero-order valence-corrected chi connectivity index (χ0v) is 16.2. The average molecular weight is 433 g/mol. The first-order chi connectivity index (χ1) is 10.9. The van der Waals surface area contributed by atoms with Crippen LogP contribution in [0, 0.1) is 0 Å². The van der Waals surface area contributed by atoms with Gasteiger partial charge in [0.25, 0.3) is 0 Å². The van der Waals surface area contributed by atoms with Gasteiger partial charge in [0.1, 0.15) is 5.16 Å². The lowest BCUT2D eigenvalue weighted by Crippen LogP contribution is -2.26. The number of halogens is 3. The molecule has 0 unspecified atom stereocenters. The third-order valence-corrected chi connectivity index (χ3v) is 7.86. The van der Waals surface area contributed by atoms with Crippen LogP contribution >= 0.6 is 35.3 Å². The fraction of sp³-hybridized carbons (Fsp3) is 0.571. The van der Waals surface area contributed by atoms with Crippen LogP contribution in [0.1, 0.15) is 37.8 Å². The molecule has 23 heavy (non-hydrogen) atoms. The first kappa shape index (κ1) is 21.1. The zero-order chi connectivity index (χ0) is 17.5. The molecule has 1 rings (SSSR count). The number of rotatable bonds is 10. The van der Waals surface area contributed by atoms with E-state index in [1.165, 1.54) is 0 Å². The summed E-state index contributed by atoms with van der Waals surface area (Å²) in [5, 5.41) is 7.37. The predicted octanol–water partition coefficient (Wildman–Crippen LogP) is 5.69. The summed E-state index contributed by atoms with van der Waals surface area (Å²) in [6.07, 6.45) is 0.345. The molecule has 0 saturated carbocycles. The Bertz CT molecular complexity index is 550. The van der Waals surface area contributed by atoms with Crippen molar-refractivity contribution in [3.63, 3.8) is 0 Å². The molecule has 0 amide bonds. The smallest absolute Gasteiger partial charge is 0.396 e. The summed E-state index contributed by atoms with van der Waals surface area (Å²) in [4.78, 5) is 0. The minimum atomic E-state index is -4.61. The maximum Gasteiger partial charge on any atom is 0.404 e. The van der Waals surface area contributed by atoms with Crippen LogP contribution in [-0.4, -0.2) is 17.5 Å². The largest absolute Gasteiger partial charge is 0.404 e. The molecule has 0 spiro atoms. The number of benzene rings is 1. The first-order valence-corrected chi connectivity index (χ1v) is 10.6. The molecule has 0 aliphatic carbocycles. The van der Waals surface area contributed by atoms with Crippen molar-refractivity contribution in [2.45, 2.75) is 37.6 Å². The van der Waals surface area contributed by atoms with E-state index in [9.17, 15) is 13.6 Å². The van der Waals surface area contributed by atoms with Crippen molar-refractivity contribution >= 4 is 35.3 Å². The summed E-state index contributed by atoms with van der Waals surface area (Å²) in [5.41, 5.74) is 1.44. The van der Waals surface area contributed by atoms with E-state index in [0.29, 0.717) is 21.5 Å². The molecule has 132 valence electrons. The molecular weight excluding hydrogens is 413 g/mol. The van der Waals surface area contributed by atoms with Crippen LogP contribution in [-0.2, 0) is 24.9 Å². The quantitative estimate of drug-likeness (QED) is 0.380. The molecule has 1 N–H and O–H groups in total. The van der Waals surface area contributed by atoms with Crippen LogP contribution in [0.25, 0.3) is 0 Å². The summed E-state index contributed by atoms with van der Waals surface area (Å²) >= 11 is 4.95. The van der Waals surface area contributed by atoms with E-state index in [1.54, 1.807) is 43.8 Å². The fourth-order valence-electron chi connectivity index (χ4n) is 2.59. The van der Waals surface area contributed by atoms with Crippen molar-refractivity contribution in [3.05, 3.63) is 33.8 Å². The van der Waals surface area contributed by atoms with Crippen molar-refractivity contribution in [2.24, 2.45) is 0 Å². The maximum atomic E-state index is 12.8. The molecular formula is C14H20BrF2O4PS. The standard InChI is InChI=1S/C14H20BrF2O4PS/c1-3-14(4-2,22(19,20-16)21-17)12-6-5-11(9-13(12)15)10-23-8-7-18/h5-6,9,18H,3-4,7-8,10H2,1-2H3. The van der Waals surface area contributed by atoms with Crippen LogP contribution in [0.3, 0.4) is 0 Å². The van der Waals surface area contributed by atoms with Gasteiger partial charge in [-0.25, -0.2) is 0 Å². The van der Waals surface area contributed by atoms with Crippen molar-refractivity contribution in [3.8, 4) is 0 Å². The van der Waals surface area contributed by atoms with Crippen LogP contribution in [0.15, 0.2) is 22.7 Å². The van der Waals surface area contributed by atoms with E-state index in [4.69, 9.17) is 5.11 Å². The van der Waals surface area contributed by atoms with Gasteiger partial charge in [-0.2, -0.15) is 11.8 Å². The second-order valence-corrected chi connectivity index (χ2v) is 9.05. The highest BCUT2D eigenvalue weighted by atomic mass is 79.9. The highest BCUT2D eigenvalue weighted by Crippen LogP contribution is 2.69. The molecule has 1 aromatic carbocycles. The van der Waals surface area contributed by atoms with Crippen LogP contribution < -0.4 is 0 Å². The molecule has 0 fully saturated rings. The van der Waals surface area contributed by atoms with Gasteiger partial charge < -0.3 is 5.11 Å². The average Bonchev–Trinajstić information content (AvgIpc) is 2.57. The van der Waals surface area contributed by atoms with Crippen LogP contribution in [0.4, 0.5) is 9.05 Å². The lowest BCUT2D eigenvalue weighted by atomic mass is 9.92. The van der Waals surface area contributed by atoms with E-state index >= 15 is 0 Å². The number of hydrogen-bond acceptors (Lipinski definition) is 5. The van der Waals surface area contributed by atoms with Crippen molar-refractivity contribution in [1.82, 2.24) is 0 Å². The van der Waals surface area contributed by atoms with Crippen molar-refractivity contribution < 1.29 is 28.2 Å². The van der Waals surface area contributed by atoms with Crippen LogP contribution in [0.5, 0.6) is 0 Å². The van der Waals surface area contributed by atoms with E-state index in [2.05, 4.69) is 25.4 Å². The second kappa shape index (κ2) is 9.49. The molecule has 0 radical (unpaired) electrons. The van der Waals surface area contributed by atoms with E-state index < -0.39 is 12.8 Å². The number of thioether (sulfide) groups is 1. The van der Waals surface area contributed by atoms with Gasteiger partial charge in [-0.05, 0) is 39.1 Å². The molecule has 0 saturated heterocycles. The Morgan fingerprint density at radius 2 is 1.91 bits per heavy atom. The molecule has 0 aliphatic rings. The fourth-order valence-corrected chi connectivity index (χ4v) is 5.79. The minimum absolute atomic E-state index is 0.101. The Morgan fingerprint density at radius 1 is 1.30 bits per heavy atom. The second-order valence-electron chi connectivity index (χ2n) is 4.96. The normalized spacial score (nSPS) is 12.6. The first-order valence-electron chi connectivity index (χ1n) is 7.13. The molecule has 0 atom stereocenters. The lowest BCUT2D eigenvalue weighted by Gasteiger charge is -2.34. The minimum Gasteiger partial charge on any atom is -0.396 e. The molecule has 0 aromatic heterocycles. The summed E-state index contributed by atoms with van der Waals surface area (Å²) in [6.45, 7) is 3.45. The Morgan fingerprint density at radius 3 is 2.35 bits per heavy atom. The van der Waals surface area contributed by atoms with Crippen molar-refractivity contribution in [2.75, 3.05) is 12.4 Å². The maximum absolute atomic E-state index is 12.8. The molecule has 1 aromatic rings. The van der Waals surface area contributed by atoms with E-state index in [-0.39, 0.29) is 19.4 Å². The van der Waals surface area contributed by atoms with Gasteiger partial charge in [-0.1, -0.05) is 41.9 Å². The number of aliphatic hydroxyl groups excluding tert-OH is 1. The van der Waals surface area contributed by atoms with Gasteiger partial charge in [0.2, 0.25) is 0 Å². The Labute approximate surface area is 147 Å². The summed E-state index contributed by atoms with van der Waals surface area (Å²) < 4.78 is 45.6. The number of aliphatic hydroxyl groups is 1. The highest BCUT2D eigenvalue weighted by Gasteiger charge is 2.53. The van der Waals surface area contributed by atoms with Crippen LogP contribution in [0.2, 0.25) is 0 Å². The topological polar surface area (TPSA) is 55.8 Å². The third kappa shape index (κ3) is 4.35. The summed E-state index contributed by atoms with van der Waals surface area (Å²) in [7, 11) is -4.61. The van der Waals surface area contributed by atoms with E-state index in [0.717, 1.165) is 5.56 Å². The Balaban J connectivity index is 3.26. The SMILES string of the molecule is CCC(CC)(c1ccc(CSCCO)cc1Br)P(=O)(OF)OF. The third-order valence-electron chi connectivity index (χ3n) is 3.91. The number of hydrogen-bond donors (Lipinski definition) is 1. The Hall–Kier alpha value is 0.0200. The summed E-state index contributed by atoms with van der Waals surface area (Å²) in [6, 6.07) is 5.28. The molecule has 0 heterocycles. The highest BCUT2D eigenvalue weighted by molar-refractivity contribution is 9.10. The zero-order valence-electron chi connectivity index (χ0n) is 12.9. The summed E-state index contributed by atoms with van der Waals surface area (Å²) in [5.74, 6) is 1.30. The molecule has 9 heteroatoms. The Kier molecular flexibility index (Phi) is 8.69. The van der Waals surface area contributed by atoms with E-state index in [1.807, 2.05) is 0 Å². The van der Waals surface area contributed by atoms with Gasteiger partial charge in [0.05, 0.1) is 6.61 Å². The van der Waals surface area contributed by atoms with Gasteiger partial charge in [0.15, 0.2) is 0 Å². The van der Waals surface area contributed by atoms with Gasteiger partial charge in [-0.3, -0.25) is 4.57 Å².